The van der Waals surface area contributed by atoms with Gasteiger partial charge in [0.2, 0.25) is 5.91 Å². The number of piperidine rings is 1. The third-order valence-corrected chi connectivity index (χ3v) is 7.84. The fraction of sp³-hybridized carbons (Fsp3) is 0.333. The number of carbonyl (C=O) groups is 1. The quantitative estimate of drug-likeness (QED) is 0.391. The fourth-order valence-corrected chi connectivity index (χ4v) is 5.71. The van der Waals surface area contributed by atoms with E-state index in [1.54, 1.807) is 16.2 Å². The number of aromatic amines is 1. The molecule has 162 valence electrons. The predicted octanol–water partition coefficient (Wildman–Crippen LogP) is 4.60. The standard InChI is InChI=1S/C21H20BrFN4O2S2/c1-12-18(13-2-4-15(22)5-3-13)25-19(31-12)14-6-8-27(9-7-14)17(28)11-30-20-16(23)10-24-21(29)26-20/h2-5,10,14H,6-9,11H2,1H3,(H,24,26,29). The molecule has 1 aliphatic rings. The number of benzene rings is 1. The van der Waals surface area contributed by atoms with E-state index in [9.17, 15) is 14.0 Å². The lowest BCUT2D eigenvalue weighted by atomic mass is 9.97. The maximum Gasteiger partial charge on any atom is 0.345 e. The molecule has 6 nitrogen and oxygen atoms in total. The van der Waals surface area contributed by atoms with E-state index in [0.29, 0.717) is 19.0 Å². The minimum absolute atomic E-state index is 0.0435. The Morgan fingerprint density at radius 2 is 2.03 bits per heavy atom. The molecule has 1 amide bonds. The van der Waals surface area contributed by atoms with Gasteiger partial charge in [-0.3, -0.25) is 9.78 Å². The number of H-pyrrole nitrogens is 1. The minimum atomic E-state index is -0.628. The zero-order valence-corrected chi connectivity index (χ0v) is 19.9. The maximum atomic E-state index is 13.7. The molecule has 2 aromatic heterocycles. The van der Waals surface area contributed by atoms with Gasteiger partial charge < -0.3 is 4.90 Å². The van der Waals surface area contributed by atoms with Gasteiger partial charge >= 0.3 is 5.69 Å². The van der Waals surface area contributed by atoms with Gasteiger partial charge in [-0.2, -0.15) is 4.98 Å². The second-order valence-corrected chi connectivity index (χ2v) is 10.4. The number of amides is 1. The molecule has 0 saturated carbocycles. The topological polar surface area (TPSA) is 79.0 Å². The molecule has 3 heterocycles. The zero-order valence-electron chi connectivity index (χ0n) is 16.7. The van der Waals surface area contributed by atoms with E-state index in [1.165, 1.54) is 4.88 Å². The SMILES string of the molecule is Cc1sc(C2CCN(C(=O)CSc3[nH]c(=O)ncc3F)CC2)nc1-c1ccc(Br)cc1. The van der Waals surface area contributed by atoms with Gasteiger partial charge in [0.15, 0.2) is 5.82 Å². The first-order valence-corrected chi connectivity index (χ1v) is 12.4. The molecule has 4 rings (SSSR count). The average molecular weight is 523 g/mol. The van der Waals surface area contributed by atoms with Crippen LogP contribution in [0.4, 0.5) is 4.39 Å². The Bertz CT molecular complexity index is 1140. The molecule has 0 aliphatic carbocycles. The lowest BCUT2D eigenvalue weighted by Crippen LogP contribution is -2.39. The molecule has 0 spiro atoms. The third-order valence-electron chi connectivity index (χ3n) is 5.20. The van der Waals surface area contributed by atoms with Crippen molar-refractivity contribution in [3.8, 4) is 11.3 Å². The Morgan fingerprint density at radius 3 is 2.74 bits per heavy atom. The van der Waals surface area contributed by atoms with Crippen LogP contribution < -0.4 is 5.69 Å². The number of nitrogens with one attached hydrogen (secondary N) is 1. The number of thioether (sulfide) groups is 1. The predicted molar refractivity (Wildman–Crippen MR) is 124 cm³/mol. The van der Waals surface area contributed by atoms with E-state index >= 15 is 0 Å². The first-order chi connectivity index (χ1) is 14.9. The summed E-state index contributed by atoms with van der Waals surface area (Å²) in [6.07, 6.45) is 2.57. The number of rotatable bonds is 5. The van der Waals surface area contributed by atoms with Crippen LogP contribution in [-0.2, 0) is 4.79 Å². The van der Waals surface area contributed by atoms with Gasteiger partial charge in [0.05, 0.1) is 22.7 Å². The Labute approximate surface area is 195 Å². The number of likely N-dealkylation sites (tertiary alicyclic amines) is 1. The summed E-state index contributed by atoms with van der Waals surface area (Å²) < 4.78 is 14.7. The Balaban J connectivity index is 1.35. The van der Waals surface area contributed by atoms with E-state index in [-0.39, 0.29) is 16.7 Å². The number of aromatic nitrogens is 3. The lowest BCUT2D eigenvalue weighted by molar-refractivity contribution is -0.129. The second-order valence-electron chi connectivity index (χ2n) is 7.27. The molecular weight excluding hydrogens is 503 g/mol. The molecule has 1 fully saturated rings. The van der Waals surface area contributed by atoms with E-state index in [2.05, 4.69) is 45.0 Å². The van der Waals surface area contributed by atoms with E-state index in [4.69, 9.17) is 4.98 Å². The Morgan fingerprint density at radius 1 is 1.32 bits per heavy atom. The van der Waals surface area contributed by atoms with Gasteiger partial charge in [-0.05, 0) is 31.9 Å². The van der Waals surface area contributed by atoms with E-state index in [0.717, 1.165) is 51.5 Å². The summed E-state index contributed by atoms with van der Waals surface area (Å²) in [6, 6.07) is 8.16. The third kappa shape index (κ3) is 5.24. The molecule has 0 bridgehead atoms. The van der Waals surface area contributed by atoms with Crippen LogP contribution in [0.3, 0.4) is 0 Å². The summed E-state index contributed by atoms with van der Waals surface area (Å²) in [5.74, 6) is -0.284. The van der Waals surface area contributed by atoms with Crippen LogP contribution in [0.1, 0.15) is 28.6 Å². The first kappa shape index (κ1) is 22.2. The largest absolute Gasteiger partial charge is 0.345 e. The van der Waals surface area contributed by atoms with Crippen molar-refractivity contribution < 1.29 is 9.18 Å². The zero-order chi connectivity index (χ0) is 22.0. The molecule has 0 radical (unpaired) electrons. The van der Waals surface area contributed by atoms with E-state index < -0.39 is 11.5 Å². The smallest absolute Gasteiger partial charge is 0.342 e. The lowest BCUT2D eigenvalue weighted by Gasteiger charge is -2.31. The summed E-state index contributed by atoms with van der Waals surface area (Å²) in [7, 11) is 0. The van der Waals surface area contributed by atoms with Crippen molar-refractivity contribution in [2.75, 3.05) is 18.8 Å². The fourth-order valence-electron chi connectivity index (χ4n) is 3.54. The number of hydrogen-bond donors (Lipinski definition) is 1. The number of thiazole rings is 1. The van der Waals surface area contributed by atoms with Crippen molar-refractivity contribution in [2.45, 2.75) is 30.7 Å². The van der Waals surface area contributed by atoms with Gasteiger partial charge in [-0.25, -0.2) is 14.2 Å². The average Bonchev–Trinajstić information content (AvgIpc) is 3.16. The van der Waals surface area contributed by atoms with Crippen molar-refractivity contribution in [3.63, 3.8) is 0 Å². The van der Waals surface area contributed by atoms with Crippen molar-refractivity contribution in [2.24, 2.45) is 0 Å². The van der Waals surface area contributed by atoms with Gasteiger partial charge in [-0.15, -0.1) is 11.3 Å². The van der Waals surface area contributed by atoms with Crippen LogP contribution in [0.15, 0.2) is 44.8 Å². The summed E-state index contributed by atoms with van der Waals surface area (Å²) in [4.78, 5) is 37.3. The van der Waals surface area contributed by atoms with Gasteiger partial charge in [0.25, 0.3) is 0 Å². The van der Waals surface area contributed by atoms with Crippen molar-refractivity contribution in [3.05, 3.63) is 61.1 Å². The highest BCUT2D eigenvalue weighted by molar-refractivity contribution is 9.10. The van der Waals surface area contributed by atoms with Crippen LogP contribution in [0.25, 0.3) is 11.3 Å². The van der Waals surface area contributed by atoms with Crippen LogP contribution in [0, 0.1) is 12.7 Å². The summed E-state index contributed by atoms with van der Waals surface area (Å²) in [5.41, 5.74) is 1.50. The number of nitrogens with zero attached hydrogens (tertiary/aromatic N) is 3. The molecule has 1 N–H and O–H groups in total. The number of aryl methyl sites for hydroxylation is 1. The van der Waals surface area contributed by atoms with E-state index in [1.807, 2.05) is 12.1 Å². The Hall–Kier alpha value is -2.04. The molecule has 0 unspecified atom stereocenters. The molecule has 0 atom stereocenters. The highest BCUT2D eigenvalue weighted by atomic mass is 79.9. The molecule has 1 saturated heterocycles. The van der Waals surface area contributed by atoms with Crippen molar-refractivity contribution >= 4 is 44.9 Å². The second kappa shape index (κ2) is 9.62. The highest BCUT2D eigenvalue weighted by Gasteiger charge is 2.26. The number of halogens is 2. The summed E-state index contributed by atoms with van der Waals surface area (Å²) in [6.45, 7) is 3.38. The van der Waals surface area contributed by atoms with Crippen LogP contribution in [0.2, 0.25) is 0 Å². The van der Waals surface area contributed by atoms with Crippen molar-refractivity contribution in [1.82, 2.24) is 19.9 Å². The van der Waals surface area contributed by atoms with Crippen LogP contribution >= 0.6 is 39.0 Å². The summed E-state index contributed by atoms with van der Waals surface area (Å²) >= 11 is 6.18. The maximum absolute atomic E-state index is 13.7. The normalized spacial score (nSPS) is 14.7. The molecular formula is C21H20BrFN4O2S2. The van der Waals surface area contributed by atoms with Crippen LogP contribution in [-0.4, -0.2) is 44.6 Å². The molecule has 31 heavy (non-hydrogen) atoms. The molecule has 3 aromatic rings. The van der Waals surface area contributed by atoms with Gasteiger partial charge in [0.1, 0.15) is 5.03 Å². The Kier molecular flexibility index (Phi) is 6.88. The van der Waals surface area contributed by atoms with Gasteiger partial charge in [0, 0.05) is 33.9 Å². The summed E-state index contributed by atoms with van der Waals surface area (Å²) in [5, 5.41) is 1.16. The molecule has 1 aromatic carbocycles. The van der Waals surface area contributed by atoms with Crippen LogP contribution in [0.5, 0.6) is 0 Å². The monoisotopic (exact) mass is 522 g/mol. The first-order valence-electron chi connectivity index (χ1n) is 9.79. The van der Waals surface area contributed by atoms with Crippen molar-refractivity contribution in [1.29, 1.82) is 0 Å². The minimum Gasteiger partial charge on any atom is -0.342 e. The number of hydrogen-bond acceptors (Lipinski definition) is 6. The molecule has 10 heteroatoms. The molecule has 1 aliphatic heterocycles. The van der Waals surface area contributed by atoms with Gasteiger partial charge in [-0.1, -0.05) is 39.8 Å². The number of carbonyl (C=O) groups excluding carboxylic acids is 1. The highest BCUT2D eigenvalue weighted by Crippen LogP contribution is 2.36.